The van der Waals surface area contributed by atoms with Crippen LogP contribution < -0.4 is 5.32 Å². The molecular formula is C10H17NO3. The third kappa shape index (κ3) is 6.34. The lowest BCUT2D eigenvalue weighted by Crippen LogP contribution is -2.28. The Morgan fingerprint density at radius 3 is 2.14 bits per heavy atom. The summed E-state index contributed by atoms with van der Waals surface area (Å²) in [6.07, 6.45) is 0.422. The molecule has 0 unspecified atom stereocenters. The summed E-state index contributed by atoms with van der Waals surface area (Å²) in [6, 6.07) is 0. The molecule has 14 heavy (non-hydrogen) atoms. The van der Waals surface area contributed by atoms with Crippen LogP contribution in [-0.2, 0) is 14.4 Å². The second kappa shape index (κ2) is 6.29. The fourth-order valence-electron chi connectivity index (χ4n) is 0.837. The number of nitrogens with one attached hydrogen (secondary N) is 1. The van der Waals surface area contributed by atoms with E-state index in [2.05, 4.69) is 5.32 Å². The van der Waals surface area contributed by atoms with E-state index in [0.717, 1.165) is 0 Å². The van der Waals surface area contributed by atoms with Crippen molar-refractivity contribution in [1.82, 2.24) is 5.32 Å². The molecule has 4 heteroatoms. The van der Waals surface area contributed by atoms with Gasteiger partial charge < -0.3 is 5.32 Å². The Labute approximate surface area is 84.1 Å². The second-order valence-electron chi connectivity index (χ2n) is 3.60. The van der Waals surface area contributed by atoms with Crippen LogP contribution in [0.1, 0.15) is 33.6 Å². The van der Waals surface area contributed by atoms with Gasteiger partial charge in [0.2, 0.25) is 5.91 Å². The van der Waals surface area contributed by atoms with E-state index in [0.29, 0.717) is 0 Å². The quantitative estimate of drug-likeness (QED) is 0.684. The highest BCUT2D eigenvalue weighted by Crippen LogP contribution is 2.01. The zero-order valence-electron chi connectivity index (χ0n) is 8.92. The fourth-order valence-corrected chi connectivity index (χ4v) is 0.837. The molecule has 0 radical (unpaired) electrons. The Morgan fingerprint density at radius 1 is 1.14 bits per heavy atom. The third-order valence-corrected chi connectivity index (χ3v) is 1.78. The van der Waals surface area contributed by atoms with Crippen LogP contribution in [0.5, 0.6) is 0 Å². The molecule has 0 aliphatic carbocycles. The predicted octanol–water partition coefficient (Wildman–Crippen LogP) is 0.697. The Balaban J connectivity index is 3.64. The van der Waals surface area contributed by atoms with Crippen molar-refractivity contribution in [2.75, 3.05) is 6.54 Å². The Hall–Kier alpha value is -1.19. The van der Waals surface area contributed by atoms with Crippen molar-refractivity contribution in [3.05, 3.63) is 0 Å². The first-order valence-corrected chi connectivity index (χ1v) is 4.72. The van der Waals surface area contributed by atoms with Gasteiger partial charge in [-0.05, 0) is 6.92 Å². The molecular weight excluding hydrogens is 182 g/mol. The van der Waals surface area contributed by atoms with Crippen molar-refractivity contribution >= 4 is 17.5 Å². The lowest BCUT2D eigenvalue weighted by molar-refractivity contribution is -0.127. The summed E-state index contributed by atoms with van der Waals surface area (Å²) in [5.41, 5.74) is 0. The zero-order valence-corrected chi connectivity index (χ0v) is 8.92. The van der Waals surface area contributed by atoms with Gasteiger partial charge in [-0.2, -0.15) is 0 Å². The third-order valence-electron chi connectivity index (χ3n) is 1.78. The maximum Gasteiger partial charge on any atom is 0.220 e. The Kier molecular flexibility index (Phi) is 5.76. The van der Waals surface area contributed by atoms with Crippen molar-refractivity contribution in [3.63, 3.8) is 0 Å². The molecule has 0 rings (SSSR count). The van der Waals surface area contributed by atoms with Gasteiger partial charge in [-0.15, -0.1) is 0 Å². The van der Waals surface area contributed by atoms with Crippen LogP contribution in [-0.4, -0.2) is 24.0 Å². The van der Waals surface area contributed by atoms with Crippen LogP contribution in [0.2, 0.25) is 0 Å². The molecule has 0 aromatic carbocycles. The molecule has 0 fully saturated rings. The predicted molar refractivity (Wildman–Crippen MR) is 52.8 cm³/mol. The molecule has 0 bridgehead atoms. The smallest absolute Gasteiger partial charge is 0.220 e. The maximum atomic E-state index is 11.1. The van der Waals surface area contributed by atoms with Crippen LogP contribution in [0.25, 0.3) is 0 Å². The molecule has 1 N–H and O–H groups in total. The van der Waals surface area contributed by atoms with E-state index in [-0.39, 0.29) is 42.8 Å². The van der Waals surface area contributed by atoms with E-state index in [1.807, 2.05) is 0 Å². The SMILES string of the molecule is CC(=O)CNC(=O)CCC(=O)C(C)C. The summed E-state index contributed by atoms with van der Waals surface area (Å²) in [6.45, 7) is 5.06. The summed E-state index contributed by atoms with van der Waals surface area (Å²) >= 11 is 0. The summed E-state index contributed by atoms with van der Waals surface area (Å²) in [4.78, 5) is 32.7. The molecule has 1 amide bonds. The molecule has 0 spiro atoms. The standard InChI is InChI=1S/C10H17NO3/c1-7(2)9(13)4-5-10(14)11-6-8(3)12/h7H,4-6H2,1-3H3,(H,11,14). The molecule has 0 aromatic heterocycles. The minimum atomic E-state index is -0.241. The molecule has 0 saturated carbocycles. The van der Waals surface area contributed by atoms with Crippen LogP contribution in [0.15, 0.2) is 0 Å². The average Bonchev–Trinajstić information content (AvgIpc) is 2.10. The zero-order chi connectivity index (χ0) is 11.1. The molecule has 0 saturated heterocycles. The van der Waals surface area contributed by atoms with Gasteiger partial charge in [0.25, 0.3) is 0 Å². The van der Waals surface area contributed by atoms with Gasteiger partial charge in [-0.25, -0.2) is 0 Å². The van der Waals surface area contributed by atoms with Gasteiger partial charge in [0.1, 0.15) is 11.6 Å². The van der Waals surface area contributed by atoms with E-state index >= 15 is 0 Å². The summed E-state index contributed by atoms with van der Waals surface area (Å²) in [7, 11) is 0. The fraction of sp³-hybridized carbons (Fsp3) is 0.700. The first-order valence-electron chi connectivity index (χ1n) is 4.72. The largest absolute Gasteiger partial charge is 0.349 e. The Morgan fingerprint density at radius 2 is 1.71 bits per heavy atom. The van der Waals surface area contributed by atoms with Gasteiger partial charge in [0.05, 0.1) is 6.54 Å². The number of Topliss-reactive ketones (excluding diaryl/α,β-unsaturated/α-hetero) is 2. The van der Waals surface area contributed by atoms with Crippen LogP contribution >= 0.6 is 0 Å². The number of carbonyl (C=O) groups excluding carboxylic acids is 3. The van der Waals surface area contributed by atoms with Crippen LogP contribution in [0.3, 0.4) is 0 Å². The van der Waals surface area contributed by atoms with Crippen molar-refractivity contribution in [3.8, 4) is 0 Å². The van der Waals surface area contributed by atoms with Gasteiger partial charge in [-0.1, -0.05) is 13.8 Å². The van der Waals surface area contributed by atoms with Crippen molar-refractivity contribution in [1.29, 1.82) is 0 Å². The molecule has 0 atom stereocenters. The van der Waals surface area contributed by atoms with Crippen molar-refractivity contribution in [2.45, 2.75) is 33.6 Å². The van der Waals surface area contributed by atoms with E-state index in [1.54, 1.807) is 13.8 Å². The minimum absolute atomic E-state index is 0.0318. The van der Waals surface area contributed by atoms with E-state index in [9.17, 15) is 14.4 Å². The maximum absolute atomic E-state index is 11.1. The highest BCUT2D eigenvalue weighted by atomic mass is 16.2. The summed E-state index contributed by atoms with van der Waals surface area (Å²) in [5.74, 6) is -0.290. The number of carbonyl (C=O) groups is 3. The lowest BCUT2D eigenvalue weighted by atomic mass is 10.0. The van der Waals surface area contributed by atoms with E-state index < -0.39 is 0 Å². The average molecular weight is 199 g/mol. The summed E-state index contributed by atoms with van der Waals surface area (Å²) < 4.78 is 0. The van der Waals surface area contributed by atoms with Crippen LogP contribution in [0, 0.1) is 5.92 Å². The topological polar surface area (TPSA) is 63.2 Å². The first kappa shape index (κ1) is 12.8. The Bertz CT molecular complexity index is 234. The molecule has 80 valence electrons. The minimum Gasteiger partial charge on any atom is -0.349 e. The molecule has 4 nitrogen and oxygen atoms in total. The number of rotatable bonds is 6. The number of amides is 1. The molecule has 0 aromatic rings. The van der Waals surface area contributed by atoms with Crippen LogP contribution in [0.4, 0.5) is 0 Å². The van der Waals surface area contributed by atoms with Gasteiger partial charge >= 0.3 is 0 Å². The van der Waals surface area contributed by atoms with Crippen molar-refractivity contribution in [2.24, 2.45) is 5.92 Å². The lowest BCUT2D eigenvalue weighted by Gasteiger charge is -2.04. The number of hydrogen-bond donors (Lipinski definition) is 1. The normalized spacial score (nSPS) is 10.0. The van der Waals surface area contributed by atoms with E-state index in [4.69, 9.17) is 0 Å². The number of hydrogen-bond acceptors (Lipinski definition) is 3. The van der Waals surface area contributed by atoms with Gasteiger partial charge in [0, 0.05) is 18.8 Å². The van der Waals surface area contributed by atoms with Gasteiger partial charge in [0.15, 0.2) is 0 Å². The first-order chi connectivity index (χ1) is 6.43. The highest BCUT2D eigenvalue weighted by Gasteiger charge is 2.10. The molecule has 0 aliphatic heterocycles. The second-order valence-corrected chi connectivity index (χ2v) is 3.60. The van der Waals surface area contributed by atoms with E-state index in [1.165, 1.54) is 6.92 Å². The summed E-state index contributed by atoms with van der Waals surface area (Å²) in [5, 5.41) is 2.44. The van der Waals surface area contributed by atoms with Crippen molar-refractivity contribution < 1.29 is 14.4 Å². The monoisotopic (exact) mass is 199 g/mol. The van der Waals surface area contributed by atoms with Gasteiger partial charge in [-0.3, -0.25) is 14.4 Å². The highest BCUT2D eigenvalue weighted by molar-refractivity contribution is 5.88. The number of ketones is 2. The molecule has 0 aliphatic rings. The molecule has 0 heterocycles.